The number of halogens is 3. The third-order valence-electron chi connectivity index (χ3n) is 3.51. The highest BCUT2D eigenvalue weighted by Crippen LogP contribution is 2.28. The first kappa shape index (κ1) is 16.0. The van der Waals surface area contributed by atoms with Crippen LogP contribution in [0.5, 0.6) is 5.75 Å². The molecule has 2 rings (SSSR count). The Morgan fingerprint density at radius 3 is 2.95 bits per heavy atom. The Bertz CT molecular complexity index is 514. The molecule has 116 valence electrons. The Balaban J connectivity index is 2.06. The van der Waals surface area contributed by atoms with Gasteiger partial charge < -0.3 is 10.1 Å². The molecule has 1 fully saturated rings. The van der Waals surface area contributed by atoms with Crippen molar-refractivity contribution >= 4 is 17.5 Å². The number of hydrogen-bond donors (Lipinski definition) is 1. The average Bonchev–Trinajstić information content (AvgIpc) is 2.89. The lowest BCUT2D eigenvalue weighted by Crippen LogP contribution is -2.41. The highest BCUT2D eigenvalue weighted by Gasteiger charge is 2.29. The maximum Gasteiger partial charge on any atom is 0.387 e. The summed E-state index contributed by atoms with van der Waals surface area (Å²) in [5.74, 6) is -0.0454. The lowest BCUT2D eigenvalue weighted by molar-refractivity contribution is -0.125. The summed E-state index contributed by atoms with van der Waals surface area (Å²) in [6.45, 7) is -1.53. The van der Waals surface area contributed by atoms with E-state index in [0.29, 0.717) is 6.54 Å². The Morgan fingerprint density at radius 2 is 2.33 bits per heavy atom. The molecule has 1 aromatic carbocycles. The summed E-state index contributed by atoms with van der Waals surface area (Å²) in [4.78, 5) is 13.8. The first-order valence-electron chi connectivity index (χ1n) is 6.70. The molecule has 0 saturated carbocycles. The maximum absolute atomic E-state index is 12.2. The van der Waals surface area contributed by atoms with Gasteiger partial charge in [0.05, 0.1) is 11.1 Å². The van der Waals surface area contributed by atoms with Gasteiger partial charge in [-0.1, -0.05) is 17.7 Å². The monoisotopic (exact) mass is 318 g/mol. The molecule has 1 heterocycles. The van der Waals surface area contributed by atoms with E-state index in [4.69, 9.17) is 11.6 Å². The van der Waals surface area contributed by atoms with Crippen LogP contribution in [0.4, 0.5) is 8.78 Å². The molecule has 0 aliphatic carbocycles. The van der Waals surface area contributed by atoms with Gasteiger partial charge in [0, 0.05) is 13.6 Å². The fourth-order valence-corrected chi connectivity index (χ4v) is 2.80. The predicted molar refractivity (Wildman–Crippen MR) is 75.6 cm³/mol. The first-order chi connectivity index (χ1) is 10.0. The predicted octanol–water partition coefficient (Wildman–Crippen LogP) is 2.65. The van der Waals surface area contributed by atoms with Gasteiger partial charge in [0.15, 0.2) is 0 Å². The van der Waals surface area contributed by atoms with Gasteiger partial charge in [-0.3, -0.25) is 9.69 Å². The minimum Gasteiger partial charge on any atom is -0.433 e. The van der Waals surface area contributed by atoms with E-state index in [1.807, 2.05) is 0 Å². The van der Waals surface area contributed by atoms with Crippen LogP contribution >= 0.6 is 11.6 Å². The van der Waals surface area contributed by atoms with Gasteiger partial charge in [0.25, 0.3) is 0 Å². The number of nitrogens with one attached hydrogen (secondary N) is 1. The molecule has 0 radical (unpaired) electrons. The fourth-order valence-electron chi connectivity index (χ4n) is 2.55. The minimum absolute atomic E-state index is 0.00347. The topological polar surface area (TPSA) is 41.6 Å². The van der Waals surface area contributed by atoms with Crippen LogP contribution in [-0.2, 0) is 11.3 Å². The van der Waals surface area contributed by atoms with Gasteiger partial charge in [-0.15, -0.1) is 0 Å². The molecule has 1 atom stereocenters. The van der Waals surface area contributed by atoms with Crippen molar-refractivity contribution in [2.45, 2.75) is 32.0 Å². The van der Waals surface area contributed by atoms with Crippen molar-refractivity contribution in [1.29, 1.82) is 0 Å². The summed E-state index contributed by atoms with van der Waals surface area (Å²) in [6.07, 6.45) is 1.78. The Kier molecular flexibility index (Phi) is 5.36. The Morgan fingerprint density at radius 1 is 1.57 bits per heavy atom. The largest absolute Gasteiger partial charge is 0.433 e. The van der Waals surface area contributed by atoms with Crippen molar-refractivity contribution in [1.82, 2.24) is 10.2 Å². The molecule has 0 bridgehead atoms. The molecule has 7 heteroatoms. The molecule has 21 heavy (non-hydrogen) atoms. The number of carbonyl (C=O) groups is 1. The number of likely N-dealkylation sites (tertiary alicyclic amines) is 1. The fraction of sp³-hybridized carbons (Fsp3) is 0.500. The highest BCUT2D eigenvalue weighted by molar-refractivity contribution is 6.32. The summed E-state index contributed by atoms with van der Waals surface area (Å²) in [5, 5.41) is 2.80. The van der Waals surface area contributed by atoms with Crippen molar-refractivity contribution in [2.75, 3.05) is 13.6 Å². The summed E-state index contributed by atoms with van der Waals surface area (Å²) in [5.41, 5.74) is 0.859. The Labute approximate surface area is 127 Å². The summed E-state index contributed by atoms with van der Waals surface area (Å²) < 4.78 is 28.7. The van der Waals surface area contributed by atoms with Crippen LogP contribution in [0.2, 0.25) is 5.02 Å². The van der Waals surface area contributed by atoms with Crippen molar-refractivity contribution in [3.05, 3.63) is 28.8 Å². The van der Waals surface area contributed by atoms with E-state index >= 15 is 0 Å². The smallest absolute Gasteiger partial charge is 0.387 e. The molecule has 1 amide bonds. The summed E-state index contributed by atoms with van der Waals surface area (Å²) in [6, 6.07) is 4.56. The average molecular weight is 319 g/mol. The van der Waals surface area contributed by atoms with E-state index in [-0.39, 0.29) is 22.7 Å². The standard InChI is InChI=1S/C14H17ClF2N2O2/c1-18-13(20)11-3-2-6-19(11)8-9-4-5-12(10(15)7-9)21-14(16)17/h4-5,7,11,14H,2-3,6,8H2,1H3,(H,18,20). The zero-order chi connectivity index (χ0) is 15.4. The molecule has 4 nitrogen and oxygen atoms in total. The number of hydrogen-bond acceptors (Lipinski definition) is 3. The maximum atomic E-state index is 12.2. The third-order valence-corrected chi connectivity index (χ3v) is 3.81. The summed E-state index contributed by atoms with van der Waals surface area (Å²) in [7, 11) is 1.62. The SMILES string of the molecule is CNC(=O)C1CCCN1Cc1ccc(OC(F)F)c(Cl)c1. The molecule has 0 aromatic heterocycles. The van der Waals surface area contributed by atoms with Crippen molar-refractivity contribution in [3.8, 4) is 5.75 Å². The lowest BCUT2D eigenvalue weighted by Gasteiger charge is -2.23. The minimum atomic E-state index is -2.90. The van der Waals surface area contributed by atoms with E-state index in [1.165, 1.54) is 6.07 Å². The molecule has 1 unspecified atom stereocenters. The number of nitrogens with zero attached hydrogens (tertiary/aromatic N) is 1. The van der Waals surface area contributed by atoms with Gasteiger partial charge in [0.2, 0.25) is 5.91 Å². The molecule has 1 N–H and O–H groups in total. The van der Waals surface area contributed by atoms with E-state index in [1.54, 1.807) is 19.2 Å². The van der Waals surface area contributed by atoms with Crippen molar-refractivity contribution < 1.29 is 18.3 Å². The molecular formula is C14H17ClF2N2O2. The van der Waals surface area contributed by atoms with Crippen LogP contribution in [0.3, 0.4) is 0 Å². The number of rotatable bonds is 5. The number of benzene rings is 1. The molecule has 1 aromatic rings. The van der Waals surface area contributed by atoms with Gasteiger partial charge in [-0.05, 0) is 37.1 Å². The second-order valence-electron chi connectivity index (χ2n) is 4.89. The third kappa shape index (κ3) is 4.04. The van der Waals surface area contributed by atoms with Crippen LogP contribution in [0.15, 0.2) is 18.2 Å². The zero-order valence-electron chi connectivity index (χ0n) is 11.6. The van der Waals surface area contributed by atoms with Gasteiger partial charge in [-0.2, -0.15) is 8.78 Å². The van der Waals surface area contributed by atoms with Gasteiger partial charge in [-0.25, -0.2) is 0 Å². The molecule has 0 spiro atoms. The normalized spacial score (nSPS) is 19.0. The van der Waals surface area contributed by atoms with Crippen LogP contribution in [0, 0.1) is 0 Å². The lowest BCUT2D eigenvalue weighted by atomic mass is 10.1. The van der Waals surface area contributed by atoms with E-state index in [0.717, 1.165) is 24.9 Å². The zero-order valence-corrected chi connectivity index (χ0v) is 12.4. The van der Waals surface area contributed by atoms with Crippen molar-refractivity contribution in [3.63, 3.8) is 0 Å². The summed E-state index contributed by atoms with van der Waals surface area (Å²) >= 11 is 5.93. The number of carbonyl (C=O) groups excluding carboxylic acids is 1. The van der Waals surface area contributed by atoms with E-state index < -0.39 is 6.61 Å². The van der Waals surface area contributed by atoms with E-state index in [2.05, 4.69) is 15.0 Å². The molecule has 1 aliphatic heterocycles. The van der Waals surface area contributed by atoms with Crippen LogP contribution in [-0.4, -0.2) is 37.1 Å². The van der Waals surface area contributed by atoms with Gasteiger partial charge in [0.1, 0.15) is 5.75 Å². The van der Waals surface area contributed by atoms with Crippen molar-refractivity contribution in [2.24, 2.45) is 0 Å². The first-order valence-corrected chi connectivity index (χ1v) is 7.08. The number of alkyl halides is 2. The number of likely N-dealkylation sites (N-methyl/N-ethyl adjacent to an activating group) is 1. The number of amides is 1. The molecule has 1 saturated heterocycles. The van der Waals surface area contributed by atoms with Crippen LogP contribution in [0.25, 0.3) is 0 Å². The second-order valence-corrected chi connectivity index (χ2v) is 5.29. The Hall–Kier alpha value is -1.40. The quantitative estimate of drug-likeness (QED) is 0.907. The molecular weight excluding hydrogens is 302 g/mol. The number of ether oxygens (including phenoxy) is 1. The van der Waals surface area contributed by atoms with E-state index in [9.17, 15) is 13.6 Å². The van der Waals surface area contributed by atoms with Gasteiger partial charge >= 0.3 is 6.61 Å². The highest BCUT2D eigenvalue weighted by atomic mass is 35.5. The van der Waals surface area contributed by atoms with Crippen LogP contribution < -0.4 is 10.1 Å². The van der Waals surface area contributed by atoms with Crippen LogP contribution in [0.1, 0.15) is 18.4 Å². The second kappa shape index (κ2) is 7.04. The molecule has 1 aliphatic rings.